The van der Waals surface area contributed by atoms with Crippen molar-refractivity contribution >= 4 is 0 Å². The fraction of sp³-hybridized carbons (Fsp3) is 0.385. The highest BCUT2D eigenvalue weighted by molar-refractivity contribution is 5.56. The molecule has 0 aromatic rings. The van der Waals surface area contributed by atoms with Gasteiger partial charge in [0.25, 0.3) is 0 Å². The molecular formula is C13H17N. The Labute approximate surface area is 85.9 Å². The Morgan fingerprint density at radius 1 is 1.21 bits per heavy atom. The van der Waals surface area contributed by atoms with E-state index in [2.05, 4.69) is 32.0 Å². The summed E-state index contributed by atoms with van der Waals surface area (Å²) in [7, 11) is 0. The summed E-state index contributed by atoms with van der Waals surface area (Å²) >= 11 is 0. The molecule has 1 heteroatoms. The van der Waals surface area contributed by atoms with E-state index in [0.29, 0.717) is 6.04 Å². The van der Waals surface area contributed by atoms with Crippen LogP contribution >= 0.6 is 0 Å². The maximum Gasteiger partial charge on any atom is 0.0366 e. The highest BCUT2D eigenvalue weighted by Crippen LogP contribution is 2.37. The van der Waals surface area contributed by atoms with Crippen LogP contribution in [0.4, 0.5) is 0 Å². The normalized spacial score (nSPS) is 28.1. The molecule has 1 fully saturated rings. The molecule has 0 radical (unpaired) electrons. The van der Waals surface area contributed by atoms with Crippen LogP contribution in [0, 0.1) is 0 Å². The van der Waals surface area contributed by atoms with Crippen LogP contribution in [-0.2, 0) is 0 Å². The van der Waals surface area contributed by atoms with Gasteiger partial charge in [0.2, 0.25) is 0 Å². The van der Waals surface area contributed by atoms with E-state index < -0.39 is 0 Å². The summed E-state index contributed by atoms with van der Waals surface area (Å²) < 4.78 is 0. The molecule has 74 valence electrons. The van der Waals surface area contributed by atoms with Crippen molar-refractivity contribution in [1.29, 1.82) is 0 Å². The number of fused-ring (bicyclic) bond motifs is 1. The van der Waals surface area contributed by atoms with E-state index in [-0.39, 0.29) is 0 Å². The third-order valence-corrected chi connectivity index (χ3v) is 3.28. The van der Waals surface area contributed by atoms with Gasteiger partial charge in [-0.3, -0.25) is 0 Å². The summed E-state index contributed by atoms with van der Waals surface area (Å²) in [6, 6.07) is 0.439. The Balaban J connectivity index is 2.48. The van der Waals surface area contributed by atoms with Crippen molar-refractivity contribution in [3.8, 4) is 0 Å². The van der Waals surface area contributed by atoms with Crippen LogP contribution < -0.4 is 5.32 Å². The van der Waals surface area contributed by atoms with Crippen molar-refractivity contribution in [2.75, 3.05) is 6.54 Å². The van der Waals surface area contributed by atoms with Gasteiger partial charge in [0.05, 0.1) is 0 Å². The minimum Gasteiger partial charge on any atom is -0.309 e. The average Bonchev–Trinajstić information content (AvgIpc) is 2.14. The maximum atomic E-state index is 4.14. The van der Waals surface area contributed by atoms with Gasteiger partial charge in [-0.25, -0.2) is 0 Å². The van der Waals surface area contributed by atoms with Gasteiger partial charge in [-0.2, -0.15) is 0 Å². The highest BCUT2D eigenvalue weighted by Gasteiger charge is 2.28. The molecule has 1 N–H and O–H groups in total. The van der Waals surface area contributed by atoms with Crippen LogP contribution in [0.2, 0.25) is 0 Å². The van der Waals surface area contributed by atoms with Gasteiger partial charge in [0.1, 0.15) is 0 Å². The first-order valence-corrected chi connectivity index (χ1v) is 5.11. The Morgan fingerprint density at radius 2 is 1.93 bits per heavy atom. The van der Waals surface area contributed by atoms with Gasteiger partial charge in [0, 0.05) is 6.04 Å². The van der Waals surface area contributed by atoms with E-state index in [0.717, 1.165) is 25.0 Å². The lowest BCUT2D eigenvalue weighted by Crippen LogP contribution is -2.39. The van der Waals surface area contributed by atoms with Crippen molar-refractivity contribution < 1.29 is 0 Å². The summed E-state index contributed by atoms with van der Waals surface area (Å²) in [5.41, 5.74) is 6.22. The van der Waals surface area contributed by atoms with Crippen LogP contribution in [0.5, 0.6) is 0 Å². The van der Waals surface area contributed by atoms with E-state index in [1.807, 2.05) is 0 Å². The fourth-order valence-corrected chi connectivity index (χ4v) is 2.38. The maximum absolute atomic E-state index is 4.14. The Hall–Kier alpha value is -1.08. The standard InChI is InChI=1S/C13H17N/c1-8-5-6-14-12-7-9(2)10(3)11(4)13(8)12/h12,14H,1-3,5-7H2,4H3. The number of hydrogen-bond donors (Lipinski definition) is 1. The monoisotopic (exact) mass is 187 g/mol. The largest absolute Gasteiger partial charge is 0.309 e. The zero-order valence-corrected chi connectivity index (χ0v) is 8.82. The molecule has 1 unspecified atom stereocenters. The van der Waals surface area contributed by atoms with E-state index in [1.165, 1.54) is 22.3 Å². The summed E-state index contributed by atoms with van der Waals surface area (Å²) in [5.74, 6) is 0. The first-order chi connectivity index (χ1) is 6.61. The van der Waals surface area contributed by atoms with Crippen molar-refractivity contribution in [3.63, 3.8) is 0 Å². The zero-order valence-electron chi connectivity index (χ0n) is 8.82. The molecule has 0 spiro atoms. The summed E-state index contributed by atoms with van der Waals surface area (Å²) in [6.45, 7) is 15.4. The number of nitrogens with one attached hydrogen (secondary N) is 1. The van der Waals surface area contributed by atoms with E-state index >= 15 is 0 Å². The third kappa shape index (κ3) is 1.28. The molecule has 1 aliphatic carbocycles. The number of rotatable bonds is 0. The van der Waals surface area contributed by atoms with Gasteiger partial charge in [-0.05, 0) is 54.2 Å². The van der Waals surface area contributed by atoms with Gasteiger partial charge in [-0.1, -0.05) is 19.7 Å². The molecule has 1 aliphatic heterocycles. The van der Waals surface area contributed by atoms with Gasteiger partial charge < -0.3 is 5.32 Å². The van der Waals surface area contributed by atoms with Gasteiger partial charge >= 0.3 is 0 Å². The SMILES string of the molecule is C=C1CC2NCCC(=C)C2=C(C)C1=C. The summed E-state index contributed by atoms with van der Waals surface area (Å²) in [4.78, 5) is 0. The second kappa shape index (κ2) is 3.25. The number of piperidine rings is 1. The van der Waals surface area contributed by atoms with Crippen molar-refractivity contribution in [2.24, 2.45) is 0 Å². The topological polar surface area (TPSA) is 12.0 Å². The van der Waals surface area contributed by atoms with Crippen molar-refractivity contribution in [1.82, 2.24) is 5.32 Å². The Kier molecular flexibility index (Phi) is 2.20. The molecule has 0 aromatic carbocycles. The quantitative estimate of drug-likeness (QED) is 0.615. The molecular weight excluding hydrogens is 170 g/mol. The predicted octanol–water partition coefficient (Wildman–Crippen LogP) is 2.74. The lowest BCUT2D eigenvalue weighted by molar-refractivity contribution is 0.525. The first-order valence-electron chi connectivity index (χ1n) is 5.11. The summed E-state index contributed by atoms with van der Waals surface area (Å²) in [6.07, 6.45) is 2.05. The highest BCUT2D eigenvalue weighted by atomic mass is 14.9. The Morgan fingerprint density at radius 3 is 2.64 bits per heavy atom. The molecule has 2 aliphatic rings. The predicted molar refractivity (Wildman–Crippen MR) is 61.1 cm³/mol. The van der Waals surface area contributed by atoms with Gasteiger partial charge in [0.15, 0.2) is 0 Å². The van der Waals surface area contributed by atoms with E-state index in [9.17, 15) is 0 Å². The molecule has 0 aromatic heterocycles. The molecule has 0 bridgehead atoms. The molecule has 1 saturated heterocycles. The third-order valence-electron chi connectivity index (χ3n) is 3.28. The van der Waals surface area contributed by atoms with Crippen molar-refractivity contribution in [2.45, 2.75) is 25.8 Å². The molecule has 1 nitrogen and oxygen atoms in total. The molecule has 0 amide bonds. The average molecular weight is 187 g/mol. The Bertz CT molecular complexity index is 357. The van der Waals surface area contributed by atoms with Crippen LogP contribution in [-0.4, -0.2) is 12.6 Å². The van der Waals surface area contributed by atoms with Crippen LogP contribution in [0.3, 0.4) is 0 Å². The van der Waals surface area contributed by atoms with Crippen LogP contribution in [0.15, 0.2) is 47.6 Å². The second-order valence-electron chi connectivity index (χ2n) is 4.19. The number of allylic oxidation sites excluding steroid dienone is 2. The second-order valence-corrected chi connectivity index (χ2v) is 4.19. The smallest absolute Gasteiger partial charge is 0.0366 e. The minimum absolute atomic E-state index is 0.439. The van der Waals surface area contributed by atoms with E-state index in [1.54, 1.807) is 0 Å². The van der Waals surface area contributed by atoms with Crippen LogP contribution in [0.1, 0.15) is 19.8 Å². The molecule has 1 atom stereocenters. The molecule has 1 heterocycles. The lowest BCUT2D eigenvalue weighted by Gasteiger charge is -2.35. The molecule has 2 rings (SSSR count). The van der Waals surface area contributed by atoms with E-state index in [4.69, 9.17) is 0 Å². The first kappa shape index (κ1) is 9.47. The fourth-order valence-electron chi connectivity index (χ4n) is 2.38. The van der Waals surface area contributed by atoms with Crippen LogP contribution in [0.25, 0.3) is 0 Å². The minimum atomic E-state index is 0.439. The lowest BCUT2D eigenvalue weighted by atomic mass is 9.77. The van der Waals surface area contributed by atoms with Crippen molar-refractivity contribution in [3.05, 3.63) is 47.6 Å². The molecule has 14 heavy (non-hydrogen) atoms. The van der Waals surface area contributed by atoms with Gasteiger partial charge in [-0.15, -0.1) is 0 Å². The number of hydrogen-bond acceptors (Lipinski definition) is 1. The molecule has 0 saturated carbocycles. The zero-order chi connectivity index (χ0) is 10.3. The summed E-state index contributed by atoms with van der Waals surface area (Å²) in [5, 5.41) is 3.51.